The Kier molecular flexibility index (Phi) is 4.44. The van der Waals surface area contributed by atoms with E-state index in [9.17, 15) is 0 Å². The number of anilines is 1. The van der Waals surface area contributed by atoms with E-state index in [1.807, 2.05) is 12.3 Å². The summed E-state index contributed by atoms with van der Waals surface area (Å²) in [4.78, 5) is 6.71. The number of pyridine rings is 1. The van der Waals surface area contributed by atoms with Crippen molar-refractivity contribution < 1.29 is 0 Å². The molecule has 1 aromatic heterocycles. The Morgan fingerprint density at radius 3 is 3.06 bits per heavy atom. The Bertz CT molecular complexity index is 306. The number of nitrogens with one attached hydrogen (secondary N) is 1. The second-order valence-electron chi connectivity index (χ2n) is 3.94. The van der Waals surface area contributed by atoms with E-state index in [-0.39, 0.29) is 0 Å². The quantitative estimate of drug-likeness (QED) is 0.614. The average Bonchev–Trinajstić information content (AvgIpc) is 2.59. The van der Waals surface area contributed by atoms with Crippen molar-refractivity contribution in [2.24, 2.45) is 5.84 Å². The van der Waals surface area contributed by atoms with Crippen LogP contribution < -0.4 is 11.3 Å². The minimum Gasteiger partial charge on any atom is -0.308 e. The number of hydrazine groups is 1. The summed E-state index contributed by atoms with van der Waals surface area (Å²) in [7, 11) is 0. The Morgan fingerprint density at radius 2 is 2.31 bits per heavy atom. The molecular formula is C11H18N4S. The molecule has 0 spiro atoms. The Hall–Kier alpha value is -0.780. The first-order valence-corrected chi connectivity index (χ1v) is 6.75. The minimum atomic E-state index is 0.718. The summed E-state index contributed by atoms with van der Waals surface area (Å²) >= 11 is 2.05. The van der Waals surface area contributed by atoms with Gasteiger partial charge < -0.3 is 5.43 Å². The summed E-state index contributed by atoms with van der Waals surface area (Å²) in [6.07, 6.45) is 3.19. The van der Waals surface area contributed by atoms with Gasteiger partial charge in [0.15, 0.2) is 0 Å². The van der Waals surface area contributed by atoms with Crippen LogP contribution in [-0.2, 0) is 6.54 Å². The smallest absolute Gasteiger partial charge is 0.139 e. The lowest BCUT2D eigenvalue weighted by atomic mass is 10.2. The molecule has 1 aliphatic heterocycles. The Balaban J connectivity index is 1.91. The third-order valence-corrected chi connectivity index (χ3v) is 3.74. The highest BCUT2D eigenvalue weighted by Crippen LogP contribution is 2.13. The maximum atomic E-state index is 5.28. The van der Waals surface area contributed by atoms with Gasteiger partial charge in [-0.3, -0.25) is 4.90 Å². The Morgan fingerprint density at radius 1 is 1.38 bits per heavy atom. The average molecular weight is 238 g/mol. The maximum Gasteiger partial charge on any atom is 0.139 e. The van der Waals surface area contributed by atoms with Crippen LogP contribution in [0.2, 0.25) is 0 Å². The van der Waals surface area contributed by atoms with Gasteiger partial charge in [-0.15, -0.1) is 0 Å². The predicted molar refractivity (Wildman–Crippen MR) is 69.3 cm³/mol. The van der Waals surface area contributed by atoms with Crippen LogP contribution in [0, 0.1) is 0 Å². The highest BCUT2D eigenvalue weighted by molar-refractivity contribution is 7.99. The first kappa shape index (κ1) is 11.7. The first-order valence-electron chi connectivity index (χ1n) is 5.60. The van der Waals surface area contributed by atoms with E-state index in [2.05, 4.69) is 33.1 Å². The van der Waals surface area contributed by atoms with Crippen LogP contribution in [0.4, 0.5) is 5.82 Å². The van der Waals surface area contributed by atoms with Crippen molar-refractivity contribution >= 4 is 17.6 Å². The molecule has 1 aromatic rings. The lowest BCUT2D eigenvalue weighted by Crippen LogP contribution is -2.25. The predicted octanol–water partition coefficient (Wildman–Crippen LogP) is 1.31. The third-order valence-electron chi connectivity index (χ3n) is 2.69. The molecule has 0 unspecified atom stereocenters. The molecule has 0 aromatic carbocycles. The van der Waals surface area contributed by atoms with E-state index < -0.39 is 0 Å². The molecule has 88 valence electrons. The van der Waals surface area contributed by atoms with Crippen LogP contribution in [0.3, 0.4) is 0 Å². The minimum absolute atomic E-state index is 0.718. The van der Waals surface area contributed by atoms with Crippen LogP contribution in [0.25, 0.3) is 0 Å². The summed E-state index contributed by atoms with van der Waals surface area (Å²) in [5.74, 6) is 8.54. The number of rotatable bonds is 3. The number of nitrogen functional groups attached to an aromatic ring is 1. The molecule has 0 amide bonds. The third kappa shape index (κ3) is 3.37. The fraction of sp³-hybridized carbons (Fsp3) is 0.545. The molecule has 1 aliphatic rings. The van der Waals surface area contributed by atoms with E-state index in [0.29, 0.717) is 0 Å². The Labute approximate surface area is 101 Å². The van der Waals surface area contributed by atoms with Gasteiger partial charge in [0.1, 0.15) is 5.82 Å². The van der Waals surface area contributed by atoms with E-state index in [1.54, 1.807) is 0 Å². The first-order chi connectivity index (χ1) is 7.88. The molecule has 0 aliphatic carbocycles. The monoisotopic (exact) mass is 238 g/mol. The van der Waals surface area contributed by atoms with Crippen molar-refractivity contribution in [1.29, 1.82) is 0 Å². The van der Waals surface area contributed by atoms with Gasteiger partial charge in [0, 0.05) is 25.0 Å². The van der Waals surface area contributed by atoms with E-state index >= 15 is 0 Å². The molecule has 0 radical (unpaired) electrons. The summed E-state index contributed by atoms with van der Waals surface area (Å²) < 4.78 is 0. The van der Waals surface area contributed by atoms with Gasteiger partial charge in [-0.2, -0.15) is 11.8 Å². The van der Waals surface area contributed by atoms with Gasteiger partial charge in [0.25, 0.3) is 0 Å². The second-order valence-corrected chi connectivity index (χ2v) is 5.16. The van der Waals surface area contributed by atoms with Gasteiger partial charge in [0.2, 0.25) is 0 Å². The zero-order valence-corrected chi connectivity index (χ0v) is 10.2. The molecule has 0 atom stereocenters. The lowest BCUT2D eigenvalue weighted by molar-refractivity contribution is 0.287. The van der Waals surface area contributed by atoms with E-state index in [4.69, 9.17) is 5.84 Å². The van der Waals surface area contributed by atoms with Crippen LogP contribution >= 0.6 is 11.8 Å². The topological polar surface area (TPSA) is 54.2 Å². The van der Waals surface area contributed by atoms with E-state index in [0.717, 1.165) is 12.4 Å². The number of nitrogens with two attached hydrogens (primary N) is 1. The normalized spacial score (nSPS) is 18.1. The molecule has 2 heterocycles. The van der Waals surface area contributed by atoms with Crippen molar-refractivity contribution in [2.75, 3.05) is 30.0 Å². The number of aromatic nitrogens is 1. The highest BCUT2D eigenvalue weighted by atomic mass is 32.2. The molecule has 5 heteroatoms. The number of nitrogens with zero attached hydrogens (tertiary/aromatic N) is 2. The fourth-order valence-corrected chi connectivity index (χ4v) is 2.74. The second kappa shape index (κ2) is 6.08. The number of thioether (sulfide) groups is 1. The van der Waals surface area contributed by atoms with E-state index in [1.165, 1.54) is 36.6 Å². The van der Waals surface area contributed by atoms with Crippen LogP contribution in [-0.4, -0.2) is 34.5 Å². The summed E-state index contributed by atoms with van der Waals surface area (Å²) in [6, 6.07) is 4.00. The number of hydrogen-bond donors (Lipinski definition) is 2. The fourth-order valence-electron chi connectivity index (χ4n) is 1.82. The molecule has 2 rings (SSSR count). The van der Waals surface area contributed by atoms with Gasteiger partial charge >= 0.3 is 0 Å². The molecular weight excluding hydrogens is 220 g/mol. The summed E-state index contributed by atoms with van der Waals surface area (Å²) in [6.45, 7) is 3.38. The van der Waals surface area contributed by atoms with Crippen molar-refractivity contribution in [3.63, 3.8) is 0 Å². The van der Waals surface area contributed by atoms with Crippen LogP contribution in [0.15, 0.2) is 18.3 Å². The summed E-state index contributed by atoms with van der Waals surface area (Å²) in [5, 5.41) is 0. The molecule has 1 saturated heterocycles. The zero-order valence-electron chi connectivity index (χ0n) is 9.35. The lowest BCUT2D eigenvalue weighted by Gasteiger charge is -2.19. The van der Waals surface area contributed by atoms with Crippen molar-refractivity contribution in [1.82, 2.24) is 9.88 Å². The molecule has 3 N–H and O–H groups in total. The van der Waals surface area contributed by atoms with Crippen molar-refractivity contribution in [2.45, 2.75) is 13.0 Å². The molecule has 0 bridgehead atoms. The summed E-state index contributed by atoms with van der Waals surface area (Å²) in [5.41, 5.74) is 3.80. The molecule has 4 nitrogen and oxygen atoms in total. The molecule has 1 fully saturated rings. The van der Waals surface area contributed by atoms with Crippen LogP contribution in [0.1, 0.15) is 12.0 Å². The maximum absolute atomic E-state index is 5.28. The van der Waals surface area contributed by atoms with Crippen molar-refractivity contribution in [3.05, 3.63) is 23.9 Å². The molecule has 16 heavy (non-hydrogen) atoms. The van der Waals surface area contributed by atoms with Gasteiger partial charge in [0.05, 0.1) is 0 Å². The van der Waals surface area contributed by atoms with Gasteiger partial charge in [-0.05, 0) is 30.3 Å². The number of hydrogen-bond acceptors (Lipinski definition) is 5. The SMILES string of the molecule is NNc1ccc(CN2CCCSCC2)cn1. The zero-order chi connectivity index (χ0) is 11.2. The van der Waals surface area contributed by atoms with Gasteiger partial charge in [-0.1, -0.05) is 6.07 Å². The van der Waals surface area contributed by atoms with Gasteiger partial charge in [-0.25, -0.2) is 10.8 Å². The largest absolute Gasteiger partial charge is 0.308 e. The highest BCUT2D eigenvalue weighted by Gasteiger charge is 2.09. The molecule has 0 saturated carbocycles. The standard InChI is InChI=1S/C11H18N4S/c12-14-11-3-2-10(8-13-11)9-15-4-1-6-16-7-5-15/h2-3,8H,1,4-7,9,12H2,(H,13,14). The van der Waals surface area contributed by atoms with Crippen LogP contribution in [0.5, 0.6) is 0 Å². The van der Waals surface area contributed by atoms with Crippen molar-refractivity contribution in [3.8, 4) is 0 Å².